The SMILES string of the molecule is CCN(C(=O)[C@@H](C)OC(=O)c1cccn1C)[C@@H]1CCS(=O)(=O)C1. The van der Waals surface area contributed by atoms with Crippen LogP contribution >= 0.6 is 0 Å². The van der Waals surface area contributed by atoms with Crippen molar-refractivity contribution in [1.82, 2.24) is 9.47 Å². The molecule has 0 radical (unpaired) electrons. The molecule has 0 unspecified atom stereocenters. The lowest BCUT2D eigenvalue weighted by Gasteiger charge is -2.29. The first kappa shape index (κ1) is 17.5. The van der Waals surface area contributed by atoms with E-state index in [-0.39, 0.29) is 23.5 Å². The van der Waals surface area contributed by atoms with Gasteiger partial charge in [-0.25, -0.2) is 13.2 Å². The van der Waals surface area contributed by atoms with E-state index in [1.165, 1.54) is 11.8 Å². The summed E-state index contributed by atoms with van der Waals surface area (Å²) in [5.74, 6) is -0.866. The van der Waals surface area contributed by atoms with Crippen LogP contribution in [0, 0.1) is 0 Å². The first-order valence-electron chi connectivity index (χ1n) is 7.58. The Bertz CT molecular complexity index is 694. The molecule has 1 aromatic heterocycles. The summed E-state index contributed by atoms with van der Waals surface area (Å²) < 4.78 is 30.0. The predicted molar refractivity (Wildman–Crippen MR) is 84.7 cm³/mol. The van der Waals surface area contributed by atoms with Gasteiger partial charge in [0.2, 0.25) is 0 Å². The Labute approximate surface area is 136 Å². The van der Waals surface area contributed by atoms with Crippen LogP contribution in [0.2, 0.25) is 0 Å². The lowest BCUT2D eigenvalue weighted by atomic mass is 10.2. The molecule has 0 saturated carbocycles. The van der Waals surface area contributed by atoms with Crippen molar-refractivity contribution in [2.45, 2.75) is 32.4 Å². The minimum absolute atomic E-state index is 0.0228. The highest BCUT2D eigenvalue weighted by Gasteiger charge is 2.36. The van der Waals surface area contributed by atoms with Crippen LogP contribution in [0.25, 0.3) is 0 Å². The molecular weight excluding hydrogens is 320 g/mol. The monoisotopic (exact) mass is 342 g/mol. The van der Waals surface area contributed by atoms with Gasteiger partial charge in [0.05, 0.1) is 11.5 Å². The molecule has 1 aliphatic rings. The van der Waals surface area contributed by atoms with E-state index >= 15 is 0 Å². The van der Waals surface area contributed by atoms with Gasteiger partial charge in [0.1, 0.15) is 5.69 Å². The molecule has 0 aliphatic carbocycles. The van der Waals surface area contributed by atoms with Crippen molar-refractivity contribution < 1.29 is 22.7 Å². The van der Waals surface area contributed by atoms with Crippen LogP contribution in [0.15, 0.2) is 18.3 Å². The lowest BCUT2D eigenvalue weighted by Crippen LogP contribution is -2.46. The van der Waals surface area contributed by atoms with Crippen LogP contribution in [-0.4, -0.2) is 60.0 Å². The van der Waals surface area contributed by atoms with E-state index < -0.39 is 21.9 Å². The molecule has 8 heteroatoms. The largest absolute Gasteiger partial charge is 0.448 e. The second-order valence-corrected chi connectivity index (χ2v) is 7.96. The molecule has 1 fully saturated rings. The molecular formula is C15H22N2O5S. The van der Waals surface area contributed by atoms with Gasteiger partial charge in [-0.2, -0.15) is 0 Å². The summed E-state index contributed by atoms with van der Waals surface area (Å²) in [6.45, 7) is 3.68. The Kier molecular flexibility index (Phi) is 5.13. The second kappa shape index (κ2) is 6.74. The molecule has 1 aliphatic heterocycles. The number of carbonyl (C=O) groups excluding carboxylic acids is 2. The molecule has 2 rings (SSSR count). The fraction of sp³-hybridized carbons (Fsp3) is 0.600. The highest BCUT2D eigenvalue weighted by atomic mass is 32.2. The molecule has 0 aromatic carbocycles. The van der Waals surface area contributed by atoms with E-state index in [0.29, 0.717) is 18.7 Å². The minimum atomic E-state index is -3.08. The van der Waals surface area contributed by atoms with E-state index in [2.05, 4.69) is 0 Å². The smallest absolute Gasteiger partial charge is 0.355 e. The van der Waals surface area contributed by atoms with E-state index in [0.717, 1.165) is 0 Å². The van der Waals surface area contributed by atoms with Crippen molar-refractivity contribution in [3.63, 3.8) is 0 Å². The Hall–Kier alpha value is -1.83. The van der Waals surface area contributed by atoms with Gasteiger partial charge in [-0.05, 0) is 32.4 Å². The molecule has 1 amide bonds. The van der Waals surface area contributed by atoms with Crippen molar-refractivity contribution in [1.29, 1.82) is 0 Å². The summed E-state index contributed by atoms with van der Waals surface area (Å²) in [6, 6.07) is 2.99. The van der Waals surface area contributed by atoms with Crippen LogP contribution in [0.3, 0.4) is 0 Å². The third-order valence-electron chi connectivity index (χ3n) is 4.06. The number of nitrogens with zero attached hydrogens (tertiary/aromatic N) is 2. The number of sulfone groups is 1. The van der Waals surface area contributed by atoms with Crippen LogP contribution in [-0.2, 0) is 26.4 Å². The summed E-state index contributed by atoms with van der Waals surface area (Å²) in [6.07, 6.45) is 1.19. The maximum Gasteiger partial charge on any atom is 0.355 e. The van der Waals surface area contributed by atoms with Crippen molar-refractivity contribution in [2.24, 2.45) is 7.05 Å². The fourth-order valence-electron chi connectivity index (χ4n) is 2.79. The third-order valence-corrected chi connectivity index (χ3v) is 5.81. The molecule has 1 saturated heterocycles. The zero-order valence-corrected chi connectivity index (χ0v) is 14.4. The third kappa shape index (κ3) is 3.93. The first-order valence-corrected chi connectivity index (χ1v) is 9.40. The number of esters is 1. The Morgan fingerprint density at radius 1 is 1.48 bits per heavy atom. The molecule has 0 N–H and O–H groups in total. The van der Waals surface area contributed by atoms with E-state index in [9.17, 15) is 18.0 Å². The predicted octanol–water partition coefficient (Wildman–Crippen LogP) is 0.606. The van der Waals surface area contributed by atoms with Crippen molar-refractivity contribution in [2.75, 3.05) is 18.1 Å². The summed E-state index contributed by atoms with van der Waals surface area (Å²) in [5, 5.41) is 0. The van der Waals surface area contributed by atoms with Crippen molar-refractivity contribution >= 4 is 21.7 Å². The van der Waals surface area contributed by atoms with Crippen molar-refractivity contribution in [3.8, 4) is 0 Å². The standard InChI is InChI=1S/C15H22N2O5S/c1-4-17(12-7-9-23(20,21)10-12)14(18)11(2)22-15(19)13-6-5-8-16(13)3/h5-6,8,11-12H,4,7,9-10H2,1-3H3/t11-,12-/m1/s1. The highest BCUT2D eigenvalue weighted by Crippen LogP contribution is 2.19. The van der Waals surface area contributed by atoms with Crippen LogP contribution in [0.4, 0.5) is 0 Å². The Morgan fingerprint density at radius 3 is 2.65 bits per heavy atom. The van der Waals surface area contributed by atoms with Gasteiger partial charge in [0.15, 0.2) is 15.9 Å². The number of aryl methyl sites for hydroxylation is 1. The van der Waals surface area contributed by atoms with E-state index in [1.807, 2.05) is 0 Å². The number of ether oxygens (including phenoxy) is 1. The maximum absolute atomic E-state index is 12.5. The average molecular weight is 342 g/mol. The van der Waals surface area contributed by atoms with Crippen LogP contribution in [0.5, 0.6) is 0 Å². The van der Waals surface area contributed by atoms with Gasteiger partial charge in [-0.3, -0.25) is 4.79 Å². The molecule has 2 heterocycles. The molecule has 1 aromatic rings. The summed E-state index contributed by atoms with van der Waals surface area (Å²) in [5.41, 5.74) is 0.358. The maximum atomic E-state index is 12.5. The second-order valence-electron chi connectivity index (χ2n) is 5.73. The average Bonchev–Trinajstić information content (AvgIpc) is 3.05. The van der Waals surface area contributed by atoms with Gasteiger partial charge in [0.25, 0.3) is 5.91 Å². The number of carbonyl (C=O) groups is 2. The number of amides is 1. The van der Waals surface area contributed by atoms with Gasteiger partial charge in [-0.1, -0.05) is 0 Å². The summed E-state index contributed by atoms with van der Waals surface area (Å²) in [7, 11) is -1.37. The van der Waals surface area contributed by atoms with Crippen molar-refractivity contribution in [3.05, 3.63) is 24.0 Å². The zero-order chi connectivity index (χ0) is 17.2. The van der Waals surface area contributed by atoms with Crippen LogP contribution < -0.4 is 0 Å². The quantitative estimate of drug-likeness (QED) is 0.732. The highest BCUT2D eigenvalue weighted by molar-refractivity contribution is 7.91. The Morgan fingerprint density at radius 2 is 2.17 bits per heavy atom. The number of hydrogen-bond donors (Lipinski definition) is 0. The Balaban J connectivity index is 2.03. The van der Waals surface area contributed by atoms with E-state index in [1.54, 1.807) is 36.9 Å². The molecule has 128 valence electrons. The number of aromatic nitrogens is 1. The van der Waals surface area contributed by atoms with Gasteiger partial charge in [0, 0.05) is 25.8 Å². The number of hydrogen-bond acceptors (Lipinski definition) is 5. The van der Waals surface area contributed by atoms with Gasteiger partial charge >= 0.3 is 5.97 Å². The molecule has 2 atom stereocenters. The first-order chi connectivity index (χ1) is 10.7. The fourth-order valence-corrected chi connectivity index (χ4v) is 4.52. The summed E-state index contributed by atoms with van der Waals surface area (Å²) >= 11 is 0. The van der Waals surface area contributed by atoms with Gasteiger partial charge in [-0.15, -0.1) is 0 Å². The molecule has 7 nitrogen and oxygen atoms in total. The number of rotatable bonds is 5. The van der Waals surface area contributed by atoms with Crippen LogP contribution in [0.1, 0.15) is 30.8 Å². The molecule has 0 spiro atoms. The normalized spacial score (nSPS) is 20.9. The molecule has 0 bridgehead atoms. The summed E-state index contributed by atoms with van der Waals surface area (Å²) in [4.78, 5) is 26.1. The minimum Gasteiger partial charge on any atom is -0.448 e. The lowest BCUT2D eigenvalue weighted by molar-refractivity contribution is -0.141. The topological polar surface area (TPSA) is 85.7 Å². The van der Waals surface area contributed by atoms with Gasteiger partial charge < -0.3 is 14.2 Å². The van der Waals surface area contributed by atoms with E-state index in [4.69, 9.17) is 4.74 Å². The number of likely N-dealkylation sites (N-methyl/N-ethyl adjacent to an activating group) is 1. The molecule has 23 heavy (non-hydrogen) atoms. The zero-order valence-electron chi connectivity index (χ0n) is 13.6.